The highest BCUT2D eigenvalue weighted by Gasteiger charge is 2.19. The van der Waals surface area contributed by atoms with E-state index in [1.165, 1.54) is 0 Å². The molecule has 1 unspecified atom stereocenters. The van der Waals surface area contributed by atoms with Crippen LogP contribution in [0.1, 0.15) is 12.5 Å². The molecule has 6 heteroatoms. The number of hydrogen-bond acceptors (Lipinski definition) is 4. The molecule has 2 N–H and O–H groups in total. The Morgan fingerprint density at radius 1 is 1.53 bits per heavy atom. The maximum Gasteiger partial charge on any atom is 0.158 e. The zero-order valence-corrected chi connectivity index (χ0v) is 10.8. The Hall–Kier alpha value is -0.460. The molecule has 0 fully saturated rings. The summed E-state index contributed by atoms with van der Waals surface area (Å²) in [5.41, 5.74) is 6.01. The molecule has 0 bridgehead atoms. The van der Waals surface area contributed by atoms with Gasteiger partial charge in [-0.3, -0.25) is 4.98 Å². The minimum absolute atomic E-state index is 0.0161. The molecule has 0 saturated heterocycles. The summed E-state index contributed by atoms with van der Waals surface area (Å²) in [6.45, 7) is 1.75. The minimum atomic E-state index is -3.17. The first-order valence-corrected chi connectivity index (χ1v) is 6.97. The predicted octanol–water partition coefficient (Wildman–Crippen LogP) is 1.11. The summed E-state index contributed by atoms with van der Waals surface area (Å²) in [6, 6.07) is 1.74. The van der Waals surface area contributed by atoms with Crippen molar-refractivity contribution in [2.45, 2.75) is 17.9 Å². The van der Waals surface area contributed by atoms with Gasteiger partial charge in [0.25, 0.3) is 0 Å². The molecule has 15 heavy (non-hydrogen) atoms. The number of aromatic nitrogens is 1. The molecule has 84 valence electrons. The first-order valence-electron chi connectivity index (χ1n) is 4.47. The number of pyridine rings is 1. The van der Waals surface area contributed by atoms with Crippen LogP contribution in [0, 0.1) is 0 Å². The van der Waals surface area contributed by atoms with Crippen LogP contribution in [0.15, 0.2) is 22.9 Å². The molecule has 1 aromatic rings. The average molecular weight is 293 g/mol. The minimum Gasteiger partial charge on any atom is -0.329 e. The third-order valence-corrected chi connectivity index (χ3v) is 4.66. The molecule has 0 saturated carbocycles. The summed E-state index contributed by atoms with van der Waals surface area (Å²) in [5, 5.41) is -0.517. The van der Waals surface area contributed by atoms with Crippen LogP contribution in [0.5, 0.6) is 0 Å². The van der Waals surface area contributed by atoms with Crippen LogP contribution in [0.3, 0.4) is 0 Å². The van der Waals surface area contributed by atoms with E-state index in [9.17, 15) is 8.42 Å². The lowest BCUT2D eigenvalue weighted by molar-refractivity contribution is 0.583. The summed E-state index contributed by atoms with van der Waals surface area (Å²) in [7, 11) is -3.17. The summed E-state index contributed by atoms with van der Waals surface area (Å²) in [6.07, 6.45) is 3.16. The normalized spacial score (nSPS) is 13.8. The number of rotatable bonds is 4. The Balaban J connectivity index is 2.87. The van der Waals surface area contributed by atoms with Crippen LogP contribution in [0.25, 0.3) is 0 Å². The molecule has 0 radical (unpaired) electrons. The van der Waals surface area contributed by atoms with E-state index in [1.807, 2.05) is 0 Å². The van der Waals surface area contributed by atoms with Crippen molar-refractivity contribution in [2.24, 2.45) is 5.73 Å². The van der Waals surface area contributed by atoms with Gasteiger partial charge in [0.2, 0.25) is 0 Å². The highest BCUT2D eigenvalue weighted by molar-refractivity contribution is 9.10. The van der Waals surface area contributed by atoms with Crippen molar-refractivity contribution in [2.75, 3.05) is 6.54 Å². The number of nitrogens with two attached hydrogens (primary N) is 1. The molecular weight excluding hydrogens is 280 g/mol. The number of nitrogens with zero attached hydrogens (tertiary/aromatic N) is 1. The van der Waals surface area contributed by atoms with E-state index in [0.29, 0.717) is 5.56 Å². The topological polar surface area (TPSA) is 73.1 Å². The molecular formula is C9H13BrN2O2S. The average Bonchev–Trinajstić information content (AvgIpc) is 2.15. The largest absolute Gasteiger partial charge is 0.329 e. The molecule has 0 aromatic carbocycles. The van der Waals surface area contributed by atoms with Crippen molar-refractivity contribution in [1.82, 2.24) is 4.98 Å². The zero-order valence-electron chi connectivity index (χ0n) is 8.35. The Labute approximate surface area is 97.9 Å². The highest BCUT2D eigenvalue weighted by Crippen LogP contribution is 2.14. The van der Waals surface area contributed by atoms with Gasteiger partial charge in [-0.25, -0.2) is 8.42 Å². The fraction of sp³-hybridized carbons (Fsp3) is 0.444. The lowest BCUT2D eigenvalue weighted by atomic mass is 10.3. The third kappa shape index (κ3) is 3.55. The summed E-state index contributed by atoms with van der Waals surface area (Å²) in [4.78, 5) is 3.91. The molecule has 1 rings (SSSR count). The van der Waals surface area contributed by atoms with E-state index in [2.05, 4.69) is 20.9 Å². The van der Waals surface area contributed by atoms with Crippen LogP contribution in [-0.4, -0.2) is 25.2 Å². The van der Waals surface area contributed by atoms with Crippen LogP contribution in [0.4, 0.5) is 0 Å². The maximum atomic E-state index is 11.7. The van der Waals surface area contributed by atoms with Crippen molar-refractivity contribution < 1.29 is 8.42 Å². The van der Waals surface area contributed by atoms with E-state index < -0.39 is 15.1 Å². The molecule has 0 aliphatic carbocycles. The van der Waals surface area contributed by atoms with Crippen molar-refractivity contribution in [3.05, 3.63) is 28.5 Å². The van der Waals surface area contributed by atoms with Crippen molar-refractivity contribution in [3.8, 4) is 0 Å². The lowest BCUT2D eigenvalue weighted by Crippen LogP contribution is -2.27. The van der Waals surface area contributed by atoms with E-state index in [4.69, 9.17) is 5.73 Å². The fourth-order valence-corrected chi connectivity index (χ4v) is 2.67. The molecule has 1 atom stereocenters. The quantitative estimate of drug-likeness (QED) is 0.902. The molecule has 0 amide bonds. The van der Waals surface area contributed by atoms with Gasteiger partial charge in [0.1, 0.15) is 0 Å². The van der Waals surface area contributed by atoms with E-state index >= 15 is 0 Å². The number of hydrogen-bond donors (Lipinski definition) is 1. The highest BCUT2D eigenvalue weighted by atomic mass is 79.9. The summed E-state index contributed by atoms with van der Waals surface area (Å²) < 4.78 is 24.2. The SMILES string of the molecule is CC(CN)S(=O)(=O)Cc1cncc(Br)c1. The van der Waals surface area contributed by atoms with Crippen LogP contribution >= 0.6 is 15.9 Å². The smallest absolute Gasteiger partial charge is 0.158 e. The lowest BCUT2D eigenvalue weighted by Gasteiger charge is -2.10. The number of sulfone groups is 1. The second-order valence-corrected chi connectivity index (χ2v) is 6.70. The Morgan fingerprint density at radius 3 is 2.73 bits per heavy atom. The summed E-state index contributed by atoms with van der Waals surface area (Å²) >= 11 is 3.24. The zero-order chi connectivity index (χ0) is 11.5. The van der Waals surface area contributed by atoms with E-state index in [-0.39, 0.29) is 12.3 Å². The van der Waals surface area contributed by atoms with Crippen LogP contribution in [0.2, 0.25) is 0 Å². The second kappa shape index (κ2) is 5.05. The van der Waals surface area contributed by atoms with E-state index in [1.54, 1.807) is 25.4 Å². The Bertz CT molecular complexity index is 433. The van der Waals surface area contributed by atoms with Crippen LogP contribution in [-0.2, 0) is 15.6 Å². The van der Waals surface area contributed by atoms with Gasteiger partial charge in [0, 0.05) is 23.4 Å². The van der Waals surface area contributed by atoms with E-state index in [0.717, 1.165) is 4.47 Å². The van der Waals surface area contributed by atoms with Crippen molar-refractivity contribution in [3.63, 3.8) is 0 Å². The molecule has 1 aromatic heterocycles. The van der Waals surface area contributed by atoms with Crippen molar-refractivity contribution >= 4 is 25.8 Å². The van der Waals surface area contributed by atoms with Gasteiger partial charge in [0.05, 0.1) is 11.0 Å². The first kappa shape index (κ1) is 12.6. The van der Waals surface area contributed by atoms with Gasteiger partial charge in [-0.1, -0.05) is 0 Å². The Morgan fingerprint density at radius 2 is 2.20 bits per heavy atom. The monoisotopic (exact) mass is 292 g/mol. The molecule has 0 aliphatic heterocycles. The van der Waals surface area contributed by atoms with Gasteiger partial charge >= 0.3 is 0 Å². The van der Waals surface area contributed by atoms with Gasteiger partial charge in [-0.2, -0.15) is 0 Å². The van der Waals surface area contributed by atoms with Gasteiger partial charge in [-0.15, -0.1) is 0 Å². The summed E-state index contributed by atoms with van der Waals surface area (Å²) in [5.74, 6) is -0.0161. The second-order valence-electron chi connectivity index (χ2n) is 3.36. The first-order chi connectivity index (χ1) is 6.95. The maximum absolute atomic E-state index is 11.7. The third-order valence-electron chi connectivity index (χ3n) is 2.07. The molecule has 1 heterocycles. The fourth-order valence-electron chi connectivity index (χ4n) is 1.06. The standard InChI is InChI=1S/C9H13BrN2O2S/c1-7(3-11)15(13,14)6-8-2-9(10)5-12-4-8/h2,4-5,7H,3,6,11H2,1H3. The van der Waals surface area contributed by atoms with Crippen LogP contribution < -0.4 is 5.73 Å². The molecule has 0 aliphatic rings. The van der Waals surface area contributed by atoms with Gasteiger partial charge in [0.15, 0.2) is 9.84 Å². The molecule has 4 nitrogen and oxygen atoms in total. The van der Waals surface area contributed by atoms with Crippen molar-refractivity contribution in [1.29, 1.82) is 0 Å². The predicted molar refractivity (Wildman–Crippen MR) is 63.1 cm³/mol. The van der Waals surface area contributed by atoms with Gasteiger partial charge < -0.3 is 5.73 Å². The Kier molecular flexibility index (Phi) is 4.24. The van der Waals surface area contributed by atoms with Gasteiger partial charge in [-0.05, 0) is 34.5 Å². The molecule has 0 spiro atoms. The number of halogens is 1.